The molecule has 148 valence electrons. The van der Waals surface area contributed by atoms with Crippen molar-refractivity contribution < 1.29 is 0 Å². The number of hydrogen-bond acceptors (Lipinski definition) is 5. The third-order valence-corrected chi connectivity index (χ3v) is 5.93. The number of nitrogens with zero attached hydrogens (tertiary/aromatic N) is 4. The Hall–Kier alpha value is -3.58. The third kappa shape index (κ3) is 2.86. The maximum absolute atomic E-state index is 5.02. The molecule has 7 nitrogen and oxygen atoms in total. The molecule has 6 rings (SSSR count). The summed E-state index contributed by atoms with van der Waals surface area (Å²) in [4.78, 5) is 17.4. The van der Waals surface area contributed by atoms with Crippen LogP contribution in [-0.2, 0) is 0 Å². The van der Waals surface area contributed by atoms with Gasteiger partial charge in [-0.2, -0.15) is 5.10 Å². The van der Waals surface area contributed by atoms with E-state index in [-0.39, 0.29) is 0 Å². The van der Waals surface area contributed by atoms with Crippen molar-refractivity contribution in [2.45, 2.75) is 18.8 Å². The fourth-order valence-electron chi connectivity index (χ4n) is 4.35. The molecule has 0 amide bonds. The zero-order valence-electron chi connectivity index (χ0n) is 16.4. The number of pyridine rings is 3. The molecule has 0 aromatic carbocycles. The minimum atomic E-state index is 0.501. The smallest absolute Gasteiger partial charge is 0.135 e. The molecule has 5 aromatic heterocycles. The Morgan fingerprint density at radius 1 is 0.967 bits per heavy atom. The Bertz CT molecular complexity index is 1330. The number of nitrogens with one attached hydrogen (secondary N) is 3. The number of H-pyrrole nitrogens is 2. The van der Waals surface area contributed by atoms with Gasteiger partial charge in [-0.3, -0.25) is 15.1 Å². The first-order chi connectivity index (χ1) is 14.9. The lowest BCUT2D eigenvalue weighted by molar-refractivity contribution is 0.454. The van der Waals surface area contributed by atoms with Gasteiger partial charge in [-0.1, -0.05) is 6.07 Å². The summed E-state index contributed by atoms with van der Waals surface area (Å²) in [5.41, 5.74) is 7.63. The van der Waals surface area contributed by atoms with Crippen molar-refractivity contribution in [1.82, 2.24) is 35.5 Å². The quantitative estimate of drug-likeness (QED) is 0.429. The Balaban J connectivity index is 1.47. The summed E-state index contributed by atoms with van der Waals surface area (Å²) in [6.07, 6.45) is 7.75. The second kappa shape index (κ2) is 7.03. The lowest BCUT2D eigenvalue weighted by atomic mass is 9.94. The minimum Gasteiger partial charge on any atom is -0.352 e. The number of fused-ring (bicyclic) bond motifs is 2. The van der Waals surface area contributed by atoms with Crippen LogP contribution in [0.1, 0.15) is 24.5 Å². The van der Waals surface area contributed by atoms with Crippen LogP contribution in [0.4, 0.5) is 0 Å². The molecule has 0 saturated carbocycles. The minimum absolute atomic E-state index is 0.501. The van der Waals surface area contributed by atoms with Crippen LogP contribution in [-0.4, -0.2) is 43.2 Å². The van der Waals surface area contributed by atoms with E-state index in [4.69, 9.17) is 4.98 Å². The first-order valence-corrected chi connectivity index (χ1v) is 10.3. The molecule has 1 fully saturated rings. The Morgan fingerprint density at radius 3 is 2.77 bits per heavy atom. The number of piperidine rings is 1. The highest BCUT2D eigenvalue weighted by Crippen LogP contribution is 2.33. The van der Waals surface area contributed by atoms with Crippen molar-refractivity contribution in [3.05, 3.63) is 60.7 Å². The van der Waals surface area contributed by atoms with E-state index in [0.29, 0.717) is 5.92 Å². The molecular formula is C23H21N7. The van der Waals surface area contributed by atoms with Crippen molar-refractivity contribution >= 4 is 21.9 Å². The van der Waals surface area contributed by atoms with Gasteiger partial charge in [0, 0.05) is 35.0 Å². The molecular weight excluding hydrogens is 374 g/mol. The van der Waals surface area contributed by atoms with Gasteiger partial charge in [0.05, 0.1) is 28.6 Å². The highest BCUT2D eigenvalue weighted by Gasteiger charge is 2.19. The van der Waals surface area contributed by atoms with Gasteiger partial charge in [0.1, 0.15) is 11.2 Å². The van der Waals surface area contributed by atoms with Crippen molar-refractivity contribution in [2.24, 2.45) is 0 Å². The fourth-order valence-corrected chi connectivity index (χ4v) is 4.35. The van der Waals surface area contributed by atoms with Crippen LogP contribution in [0, 0.1) is 0 Å². The van der Waals surface area contributed by atoms with Gasteiger partial charge in [-0.05, 0) is 56.3 Å². The van der Waals surface area contributed by atoms with Gasteiger partial charge in [0.15, 0.2) is 0 Å². The van der Waals surface area contributed by atoms with Gasteiger partial charge < -0.3 is 10.3 Å². The normalized spacial score (nSPS) is 15.2. The van der Waals surface area contributed by atoms with Crippen LogP contribution in [0.15, 0.2) is 55.0 Å². The Kier molecular flexibility index (Phi) is 4.06. The molecule has 3 N–H and O–H groups in total. The van der Waals surface area contributed by atoms with E-state index in [0.717, 1.165) is 76.2 Å². The average Bonchev–Trinajstić information content (AvgIpc) is 3.43. The average molecular weight is 395 g/mol. The van der Waals surface area contributed by atoms with Crippen LogP contribution in [0.5, 0.6) is 0 Å². The summed E-state index contributed by atoms with van der Waals surface area (Å²) in [5, 5.41) is 12.2. The van der Waals surface area contributed by atoms with Crippen molar-refractivity contribution in [3.8, 4) is 22.6 Å². The molecule has 30 heavy (non-hydrogen) atoms. The van der Waals surface area contributed by atoms with E-state index in [1.54, 1.807) is 6.20 Å². The largest absolute Gasteiger partial charge is 0.352 e. The summed E-state index contributed by atoms with van der Waals surface area (Å²) >= 11 is 0. The van der Waals surface area contributed by atoms with Gasteiger partial charge >= 0.3 is 0 Å². The number of aromatic nitrogens is 6. The highest BCUT2D eigenvalue weighted by molar-refractivity contribution is 5.99. The second-order valence-electron chi connectivity index (χ2n) is 7.78. The van der Waals surface area contributed by atoms with E-state index < -0.39 is 0 Å². The molecule has 0 atom stereocenters. The summed E-state index contributed by atoms with van der Waals surface area (Å²) in [7, 11) is 0. The highest BCUT2D eigenvalue weighted by atomic mass is 15.1. The Labute approximate surface area is 173 Å². The van der Waals surface area contributed by atoms with Crippen LogP contribution in [0.3, 0.4) is 0 Å². The maximum Gasteiger partial charge on any atom is 0.135 e. The summed E-state index contributed by atoms with van der Waals surface area (Å²) in [6, 6.07) is 12.3. The Morgan fingerprint density at radius 2 is 1.90 bits per heavy atom. The zero-order valence-corrected chi connectivity index (χ0v) is 16.4. The lowest BCUT2D eigenvalue weighted by Crippen LogP contribution is -2.27. The molecule has 0 aliphatic carbocycles. The molecule has 0 unspecified atom stereocenters. The predicted molar refractivity (Wildman–Crippen MR) is 117 cm³/mol. The summed E-state index contributed by atoms with van der Waals surface area (Å²) in [5.74, 6) is 0.501. The van der Waals surface area contributed by atoms with Gasteiger partial charge in [0.25, 0.3) is 0 Å². The maximum atomic E-state index is 5.02. The van der Waals surface area contributed by atoms with E-state index in [1.807, 2.05) is 30.6 Å². The topological polar surface area (TPSA) is 95.2 Å². The first kappa shape index (κ1) is 17.3. The standard InChI is InChI=1S/C23H21N7/c1-2-8-26-18(3-1)16-12-25-13-21-15(16)11-20(27-21)23-22-19(29-30-23)5-4-17(28-22)14-6-9-24-10-7-14/h1-5,8,11-14,24,27H,6-7,9-10H2,(H,29,30). The molecule has 1 aliphatic rings. The fraction of sp³-hybridized carbons (Fsp3) is 0.217. The second-order valence-corrected chi connectivity index (χ2v) is 7.78. The van der Waals surface area contributed by atoms with Gasteiger partial charge in [0.2, 0.25) is 0 Å². The van der Waals surface area contributed by atoms with Crippen molar-refractivity contribution in [1.29, 1.82) is 0 Å². The lowest BCUT2D eigenvalue weighted by Gasteiger charge is -2.22. The van der Waals surface area contributed by atoms with Crippen LogP contribution in [0.2, 0.25) is 0 Å². The molecule has 1 aliphatic heterocycles. The van der Waals surface area contributed by atoms with Gasteiger partial charge in [-0.15, -0.1) is 0 Å². The first-order valence-electron chi connectivity index (χ1n) is 10.3. The van der Waals surface area contributed by atoms with Crippen molar-refractivity contribution in [2.75, 3.05) is 13.1 Å². The molecule has 0 radical (unpaired) electrons. The van der Waals surface area contributed by atoms with Crippen LogP contribution >= 0.6 is 0 Å². The van der Waals surface area contributed by atoms with Gasteiger partial charge in [-0.25, -0.2) is 4.98 Å². The van der Waals surface area contributed by atoms with E-state index >= 15 is 0 Å². The molecule has 1 saturated heterocycles. The van der Waals surface area contributed by atoms with E-state index in [2.05, 4.69) is 48.7 Å². The third-order valence-electron chi connectivity index (χ3n) is 5.93. The van der Waals surface area contributed by atoms with Crippen LogP contribution in [0.25, 0.3) is 44.6 Å². The van der Waals surface area contributed by atoms with Crippen molar-refractivity contribution in [3.63, 3.8) is 0 Å². The SMILES string of the molecule is c1ccc(-c2cncc3[nH]c(-c4n[nH]c5ccc(C6CCNCC6)nc45)cc23)nc1. The van der Waals surface area contributed by atoms with E-state index in [9.17, 15) is 0 Å². The molecule has 5 aromatic rings. The number of rotatable bonds is 3. The zero-order chi connectivity index (χ0) is 19.9. The van der Waals surface area contributed by atoms with E-state index in [1.165, 1.54) is 0 Å². The van der Waals surface area contributed by atoms with Crippen LogP contribution < -0.4 is 5.32 Å². The molecule has 7 heteroatoms. The molecule has 0 spiro atoms. The number of aromatic amines is 2. The summed E-state index contributed by atoms with van der Waals surface area (Å²) < 4.78 is 0. The number of hydrogen-bond donors (Lipinski definition) is 3. The predicted octanol–water partition coefficient (Wildman–Crippen LogP) is 4.03. The molecule has 0 bridgehead atoms. The molecule has 6 heterocycles. The summed E-state index contributed by atoms with van der Waals surface area (Å²) in [6.45, 7) is 2.10. The monoisotopic (exact) mass is 395 g/mol.